The number of rotatable bonds is 3. The molecule has 6 aliphatic rings. The smallest absolute Gasteiger partial charge is 0.312 e. The minimum absolute atomic E-state index is 0.00951. The third-order valence-corrected chi connectivity index (χ3v) is 16.2. The van der Waals surface area contributed by atoms with Gasteiger partial charge in [-0.1, -0.05) is 60.1 Å². The minimum atomic E-state index is -1.31. The van der Waals surface area contributed by atoms with E-state index in [9.17, 15) is 25.2 Å². The zero-order chi connectivity index (χ0) is 34.0. The van der Waals surface area contributed by atoms with Gasteiger partial charge in [0, 0.05) is 5.92 Å². The Bertz CT molecular complexity index is 1260. The lowest BCUT2D eigenvalue weighted by Gasteiger charge is -2.72. The van der Waals surface area contributed by atoms with E-state index in [4.69, 9.17) is 14.2 Å². The third kappa shape index (κ3) is 4.35. The fraction of sp³-hybridized carbons (Fsp3) is 0.921. The van der Waals surface area contributed by atoms with Gasteiger partial charge < -0.3 is 34.6 Å². The highest BCUT2D eigenvalue weighted by atomic mass is 16.7. The normalized spacial score (nSPS) is 54.3. The summed E-state index contributed by atoms with van der Waals surface area (Å²) in [5.41, 5.74) is -1.14. The van der Waals surface area contributed by atoms with Crippen LogP contribution in [0.25, 0.3) is 0 Å². The fourth-order valence-corrected chi connectivity index (χ4v) is 12.6. The Morgan fingerprint density at radius 2 is 1.50 bits per heavy atom. The van der Waals surface area contributed by atoms with Crippen LogP contribution in [0.2, 0.25) is 0 Å². The maximum atomic E-state index is 13.7. The van der Waals surface area contributed by atoms with Gasteiger partial charge in [0.15, 0.2) is 6.29 Å². The largest absolute Gasteiger partial charge is 0.469 e. The van der Waals surface area contributed by atoms with Crippen molar-refractivity contribution in [3.05, 3.63) is 11.6 Å². The Labute approximate surface area is 276 Å². The Kier molecular flexibility index (Phi) is 8.12. The Hall–Kier alpha value is -1.03. The van der Waals surface area contributed by atoms with Gasteiger partial charge in [0.2, 0.25) is 0 Å². The van der Waals surface area contributed by atoms with Crippen molar-refractivity contribution in [1.82, 2.24) is 0 Å². The molecule has 0 aromatic heterocycles. The van der Waals surface area contributed by atoms with Crippen LogP contribution in [0.4, 0.5) is 0 Å². The van der Waals surface area contributed by atoms with Crippen LogP contribution in [-0.4, -0.2) is 75.9 Å². The van der Waals surface area contributed by atoms with Gasteiger partial charge in [0.05, 0.1) is 30.3 Å². The molecule has 0 radical (unpaired) electrons. The van der Waals surface area contributed by atoms with Crippen molar-refractivity contribution >= 4 is 5.97 Å². The van der Waals surface area contributed by atoms with Gasteiger partial charge in [-0.25, -0.2) is 0 Å². The average molecular weight is 647 g/mol. The maximum absolute atomic E-state index is 13.7. The highest BCUT2D eigenvalue weighted by Crippen LogP contribution is 2.77. The highest BCUT2D eigenvalue weighted by Gasteiger charge is 2.72. The number of methoxy groups -OCH3 is 1. The van der Waals surface area contributed by atoms with E-state index < -0.39 is 41.7 Å². The van der Waals surface area contributed by atoms with Crippen molar-refractivity contribution in [2.24, 2.45) is 50.2 Å². The molecule has 0 unspecified atom stereocenters. The second kappa shape index (κ2) is 10.7. The minimum Gasteiger partial charge on any atom is -0.469 e. The van der Waals surface area contributed by atoms with Crippen LogP contribution in [-0.2, 0) is 19.0 Å². The van der Waals surface area contributed by atoms with Gasteiger partial charge in [-0.3, -0.25) is 4.79 Å². The molecule has 0 aromatic carbocycles. The molecule has 0 aromatic rings. The summed E-state index contributed by atoms with van der Waals surface area (Å²) in [4.78, 5) is 13.7. The van der Waals surface area contributed by atoms with Crippen molar-refractivity contribution in [3.8, 4) is 0 Å². The van der Waals surface area contributed by atoms with Crippen LogP contribution in [0.15, 0.2) is 11.6 Å². The van der Waals surface area contributed by atoms with E-state index >= 15 is 0 Å². The quantitative estimate of drug-likeness (QED) is 0.179. The summed E-state index contributed by atoms with van der Waals surface area (Å²) >= 11 is 0. The van der Waals surface area contributed by atoms with E-state index in [0.29, 0.717) is 11.8 Å². The zero-order valence-electron chi connectivity index (χ0n) is 30.1. The Morgan fingerprint density at radius 3 is 2.15 bits per heavy atom. The van der Waals surface area contributed by atoms with Crippen LogP contribution in [0, 0.1) is 50.2 Å². The molecule has 0 bridgehead atoms. The number of aliphatic hydroxyl groups is 4. The van der Waals surface area contributed by atoms with E-state index in [1.54, 1.807) is 6.92 Å². The molecule has 4 N–H and O–H groups in total. The van der Waals surface area contributed by atoms with E-state index in [1.165, 1.54) is 12.7 Å². The van der Waals surface area contributed by atoms with Gasteiger partial charge >= 0.3 is 5.97 Å². The number of esters is 1. The van der Waals surface area contributed by atoms with Crippen LogP contribution >= 0.6 is 0 Å². The first kappa shape index (κ1) is 34.8. The van der Waals surface area contributed by atoms with Crippen LogP contribution in [0.3, 0.4) is 0 Å². The number of ether oxygens (including phenoxy) is 3. The molecule has 8 heteroatoms. The zero-order valence-corrected chi connectivity index (χ0v) is 30.1. The first-order valence-corrected chi connectivity index (χ1v) is 18.0. The molecule has 4 saturated carbocycles. The molecule has 6 rings (SSSR count). The molecule has 1 saturated heterocycles. The molecule has 8 nitrogen and oxygen atoms in total. The van der Waals surface area contributed by atoms with Crippen molar-refractivity contribution in [2.75, 3.05) is 7.11 Å². The van der Waals surface area contributed by atoms with Crippen LogP contribution in [0.1, 0.15) is 120 Å². The second-order valence-electron chi connectivity index (χ2n) is 18.6. The number of carbonyl (C=O) groups excluding carboxylic acids is 1. The van der Waals surface area contributed by atoms with Gasteiger partial charge in [-0.15, -0.1) is 0 Å². The van der Waals surface area contributed by atoms with Gasteiger partial charge in [-0.05, 0) is 111 Å². The molecule has 0 spiro atoms. The topological polar surface area (TPSA) is 126 Å². The van der Waals surface area contributed by atoms with Gasteiger partial charge in [0.1, 0.15) is 18.3 Å². The van der Waals surface area contributed by atoms with E-state index in [2.05, 4.69) is 54.5 Å². The highest BCUT2D eigenvalue weighted by molar-refractivity contribution is 5.79. The molecular weight excluding hydrogens is 584 g/mol. The Morgan fingerprint density at radius 1 is 0.848 bits per heavy atom. The molecule has 5 fully saturated rings. The van der Waals surface area contributed by atoms with E-state index in [-0.39, 0.29) is 45.1 Å². The molecule has 46 heavy (non-hydrogen) atoms. The maximum Gasteiger partial charge on any atom is 0.312 e. The standard InChI is InChI=1S/C38H62O8/c1-21-26(39)27(40)28(41)30(45-21)46-25-14-15-34(6)23(33(25,4)5)13-16-36(8)24(34)12-11-22-29-37(9,43)32(2,3)17-19-38(29,31(42)44-10)20-18-35(22,36)7/h11,21,23-30,39-41,43H,12-20H2,1-10H3/t21-,23+,24+,25+,26-,27+,28+,29-,30+,34+,35-,36-,37+,38+/m1/s1. The predicted octanol–water partition coefficient (Wildman–Crippen LogP) is 5.53. The molecule has 1 heterocycles. The number of fused-ring (bicyclic) bond motifs is 7. The SMILES string of the molecule is COC(=O)[C@]12CCC(C)(C)[C@@](C)(O)[C@H]1C1=CC[C@H]3[C@@]4(C)CC[C@H](O[C@@H]5O[C@H](C)[C@@H](O)[C@H](O)[C@@H]5O)C(C)(C)[C@@H]4CC[C@@]3(C)[C@]1(C)CC2. The fourth-order valence-electron chi connectivity index (χ4n) is 12.6. The van der Waals surface area contributed by atoms with E-state index in [1.807, 2.05) is 6.92 Å². The number of allylic oxidation sites excluding steroid dienone is 1. The van der Waals surface area contributed by atoms with Crippen LogP contribution in [0.5, 0.6) is 0 Å². The lowest BCUT2D eigenvalue weighted by atomic mass is 9.32. The average Bonchev–Trinajstić information content (AvgIpc) is 2.98. The summed E-state index contributed by atoms with van der Waals surface area (Å²) in [7, 11) is 1.50. The molecule has 1 aliphatic heterocycles. The number of carbonyl (C=O) groups is 1. The second-order valence-corrected chi connectivity index (χ2v) is 18.6. The lowest BCUT2D eigenvalue weighted by molar-refractivity contribution is -0.324. The summed E-state index contributed by atoms with van der Waals surface area (Å²) in [6.07, 6.45) is 4.88. The predicted molar refractivity (Wildman–Crippen MR) is 174 cm³/mol. The summed E-state index contributed by atoms with van der Waals surface area (Å²) in [5, 5.41) is 43.8. The van der Waals surface area contributed by atoms with Crippen molar-refractivity contribution in [1.29, 1.82) is 0 Å². The summed E-state index contributed by atoms with van der Waals surface area (Å²) in [6, 6.07) is 0. The molecular formula is C38H62O8. The van der Waals surface area contributed by atoms with Crippen LogP contribution < -0.4 is 0 Å². The monoisotopic (exact) mass is 646 g/mol. The number of hydrogen-bond donors (Lipinski definition) is 4. The van der Waals surface area contributed by atoms with Crippen molar-refractivity contribution < 1.29 is 39.4 Å². The third-order valence-electron chi connectivity index (χ3n) is 16.2. The van der Waals surface area contributed by atoms with Crippen molar-refractivity contribution in [2.45, 2.75) is 163 Å². The molecule has 0 amide bonds. The molecule has 5 aliphatic carbocycles. The van der Waals surface area contributed by atoms with E-state index in [0.717, 1.165) is 57.8 Å². The first-order valence-electron chi connectivity index (χ1n) is 18.0. The number of aliphatic hydroxyl groups excluding tert-OH is 3. The van der Waals surface area contributed by atoms with Gasteiger partial charge in [0.25, 0.3) is 0 Å². The molecule has 14 atom stereocenters. The summed E-state index contributed by atoms with van der Waals surface area (Å²) in [6.45, 7) is 20.0. The summed E-state index contributed by atoms with van der Waals surface area (Å²) < 4.78 is 17.9. The van der Waals surface area contributed by atoms with Gasteiger partial charge in [-0.2, -0.15) is 0 Å². The van der Waals surface area contributed by atoms with Crippen molar-refractivity contribution in [3.63, 3.8) is 0 Å². The molecule has 262 valence electrons. The Balaban J connectivity index is 1.34. The first-order chi connectivity index (χ1) is 21.2. The summed E-state index contributed by atoms with van der Waals surface area (Å²) in [5.74, 6) is 0.353. The lowest BCUT2D eigenvalue weighted by Crippen LogP contribution is -2.69. The number of hydrogen-bond acceptors (Lipinski definition) is 8.